The predicted molar refractivity (Wildman–Crippen MR) is 64.8 cm³/mol. The molecule has 0 radical (unpaired) electrons. The predicted octanol–water partition coefficient (Wildman–Crippen LogP) is 3.58. The summed E-state index contributed by atoms with van der Waals surface area (Å²) in [6.07, 6.45) is 6.25. The first kappa shape index (κ1) is 13.6. The zero-order valence-corrected chi connectivity index (χ0v) is 10.4. The number of thioether (sulfide) groups is 1. The van der Waals surface area contributed by atoms with Gasteiger partial charge in [-0.1, -0.05) is 37.8 Å². The number of carbonyl (C=O) groups is 1. The third-order valence-electron chi connectivity index (χ3n) is 1.65. The van der Waals surface area contributed by atoms with E-state index in [4.69, 9.17) is 0 Å². The van der Waals surface area contributed by atoms with E-state index in [1.165, 1.54) is 11.8 Å². The molecule has 0 heterocycles. The lowest BCUT2D eigenvalue weighted by molar-refractivity contribution is 0.258. The van der Waals surface area contributed by atoms with Crippen molar-refractivity contribution in [3.8, 4) is 0 Å². The van der Waals surface area contributed by atoms with Crippen molar-refractivity contribution >= 4 is 17.0 Å². The first-order chi connectivity index (χ1) is 6.60. The number of rotatable bonds is 5. The second-order valence-electron chi connectivity index (χ2n) is 3.49. The average Bonchev–Trinajstić information content (AvgIpc) is 2.10. The SMILES string of the molecule is CC/C=C/[C@H](CC)SC(=O)NC(C)C. The summed E-state index contributed by atoms with van der Waals surface area (Å²) in [4.78, 5) is 11.4. The maximum absolute atomic E-state index is 11.4. The highest BCUT2D eigenvalue weighted by Crippen LogP contribution is 2.17. The Morgan fingerprint density at radius 2 is 2.07 bits per heavy atom. The van der Waals surface area contributed by atoms with Crippen molar-refractivity contribution in [1.82, 2.24) is 5.32 Å². The molecule has 0 unspecified atom stereocenters. The number of allylic oxidation sites excluding steroid dienone is 1. The standard InChI is InChI=1S/C11H21NOS/c1-5-7-8-10(6-2)14-11(13)12-9(3)4/h7-10H,5-6H2,1-4H3,(H,12,13)/b8-7+/t10-/m0/s1. The highest BCUT2D eigenvalue weighted by atomic mass is 32.2. The monoisotopic (exact) mass is 215 g/mol. The van der Waals surface area contributed by atoms with Crippen LogP contribution in [0.4, 0.5) is 4.79 Å². The van der Waals surface area contributed by atoms with E-state index >= 15 is 0 Å². The molecule has 0 aliphatic heterocycles. The lowest BCUT2D eigenvalue weighted by Crippen LogP contribution is -2.27. The van der Waals surface area contributed by atoms with Crippen LogP contribution in [0.1, 0.15) is 40.5 Å². The van der Waals surface area contributed by atoms with Crippen molar-refractivity contribution in [3.05, 3.63) is 12.2 Å². The number of carbonyl (C=O) groups excluding carboxylic acids is 1. The molecule has 0 saturated heterocycles. The quantitative estimate of drug-likeness (QED) is 0.710. The molecule has 0 aromatic heterocycles. The third kappa shape index (κ3) is 7.01. The van der Waals surface area contributed by atoms with E-state index in [1.54, 1.807) is 0 Å². The van der Waals surface area contributed by atoms with Gasteiger partial charge in [0.25, 0.3) is 5.24 Å². The van der Waals surface area contributed by atoms with Crippen LogP contribution in [0.15, 0.2) is 12.2 Å². The smallest absolute Gasteiger partial charge is 0.279 e. The van der Waals surface area contributed by atoms with Gasteiger partial charge >= 0.3 is 0 Å². The van der Waals surface area contributed by atoms with E-state index < -0.39 is 0 Å². The van der Waals surface area contributed by atoms with Crippen molar-refractivity contribution in [2.75, 3.05) is 0 Å². The first-order valence-electron chi connectivity index (χ1n) is 5.23. The van der Waals surface area contributed by atoms with Gasteiger partial charge in [0.2, 0.25) is 0 Å². The molecule has 14 heavy (non-hydrogen) atoms. The summed E-state index contributed by atoms with van der Waals surface area (Å²) < 4.78 is 0. The van der Waals surface area contributed by atoms with Crippen LogP contribution in [0.3, 0.4) is 0 Å². The Morgan fingerprint density at radius 1 is 1.43 bits per heavy atom. The second kappa shape index (κ2) is 7.92. The molecule has 0 aromatic rings. The van der Waals surface area contributed by atoms with Gasteiger partial charge in [-0.3, -0.25) is 4.79 Å². The van der Waals surface area contributed by atoms with Gasteiger partial charge in [0.05, 0.1) is 0 Å². The highest BCUT2D eigenvalue weighted by molar-refractivity contribution is 8.14. The van der Waals surface area contributed by atoms with Gasteiger partial charge in [0.15, 0.2) is 0 Å². The molecule has 0 fully saturated rings. The molecule has 0 spiro atoms. The zero-order valence-electron chi connectivity index (χ0n) is 9.54. The molecule has 0 aromatic carbocycles. The van der Waals surface area contributed by atoms with Crippen LogP contribution in [0.2, 0.25) is 0 Å². The number of amides is 1. The summed E-state index contributed by atoms with van der Waals surface area (Å²) in [5, 5.41) is 3.26. The fourth-order valence-corrected chi connectivity index (χ4v) is 1.89. The van der Waals surface area contributed by atoms with Crippen LogP contribution in [-0.4, -0.2) is 16.5 Å². The molecule has 1 amide bonds. The van der Waals surface area contributed by atoms with Crippen molar-refractivity contribution in [1.29, 1.82) is 0 Å². The third-order valence-corrected chi connectivity index (χ3v) is 2.78. The molecule has 0 rings (SSSR count). The van der Waals surface area contributed by atoms with E-state index in [0.717, 1.165) is 12.8 Å². The Balaban J connectivity index is 3.92. The number of hydrogen-bond acceptors (Lipinski definition) is 2. The van der Waals surface area contributed by atoms with Crippen LogP contribution >= 0.6 is 11.8 Å². The van der Waals surface area contributed by atoms with Crippen LogP contribution in [0.25, 0.3) is 0 Å². The van der Waals surface area contributed by atoms with E-state index in [-0.39, 0.29) is 11.3 Å². The van der Waals surface area contributed by atoms with Crippen molar-refractivity contribution in [2.24, 2.45) is 0 Å². The minimum Gasteiger partial charge on any atom is -0.345 e. The molecule has 0 aliphatic carbocycles. The van der Waals surface area contributed by atoms with Crippen LogP contribution in [-0.2, 0) is 0 Å². The van der Waals surface area contributed by atoms with Gasteiger partial charge in [-0.2, -0.15) is 0 Å². The summed E-state index contributed by atoms with van der Waals surface area (Å²) >= 11 is 1.38. The minimum absolute atomic E-state index is 0.0765. The number of nitrogens with one attached hydrogen (secondary N) is 1. The zero-order chi connectivity index (χ0) is 11.0. The van der Waals surface area contributed by atoms with Gasteiger partial charge in [0, 0.05) is 11.3 Å². The molecule has 1 N–H and O–H groups in total. The molecular formula is C11H21NOS. The topological polar surface area (TPSA) is 29.1 Å². The molecular weight excluding hydrogens is 194 g/mol. The van der Waals surface area contributed by atoms with Gasteiger partial charge in [-0.25, -0.2) is 0 Å². The van der Waals surface area contributed by atoms with Crippen LogP contribution in [0.5, 0.6) is 0 Å². The van der Waals surface area contributed by atoms with E-state index in [0.29, 0.717) is 5.25 Å². The van der Waals surface area contributed by atoms with Crippen molar-refractivity contribution < 1.29 is 4.79 Å². The van der Waals surface area contributed by atoms with Gasteiger partial charge in [-0.15, -0.1) is 0 Å². The number of hydrogen-bond donors (Lipinski definition) is 1. The molecule has 3 heteroatoms. The van der Waals surface area contributed by atoms with Gasteiger partial charge < -0.3 is 5.32 Å². The first-order valence-corrected chi connectivity index (χ1v) is 6.11. The van der Waals surface area contributed by atoms with E-state index in [1.807, 2.05) is 13.8 Å². The Hall–Kier alpha value is -0.440. The highest BCUT2D eigenvalue weighted by Gasteiger charge is 2.10. The molecule has 0 bridgehead atoms. The fraction of sp³-hybridized carbons (Fsp3) is 0.727. The summed E-state index contributed by atoms with van der Waals surface area (Å²) in [6, 6.07) is 0.225. The van der Waals surface area contributed by atoms with E-state index in [9.17, 15) is 4.79 Å². The Morgan fingerprint density at radius 3 is 2.50 bits per heavy atom. The summed E-state index contributed by atoms with van der Waals surface area (Å²) in [6.45, 7) is 8.14. The lowest BCUT2D eigenvalue weighted by Gasteiger charge is -2.11. The van der Waals surface area contributed by atoms with Crippen LogP contribution in [0, 0.1) is 0 Å². The Kier molecular flexibility index (Phi) is 7.67. The average molecular weight is 215 g/mol. The van der Waals surface area contributed by atoms with Crippen molar-refractivity contribution in [2.45, 2.75) is 51.8 Å². The maximum atomic E-state index is 11.4. The minimum atomic E-state index is 0.0765. The van der Waals surface area contributed by atoms with Gasteiger partial charge in [-0.05, 0) is 26.7 Å². The summed E-state index contributed by atoms with van der Waals surface area (Å²) in [5.41, 5.74) is 0. The summed E-state index contributed by atoms with van der Waals surface area (Å²) in [5.74, 6) is 0. The molecule has 82 valence electrons. The molecule has 1 atom stereocenters. The molecule has 2 nitrogen and oxygen atoms in total. The summed E-state index contributed by atoms with van der Waals surface area (Å²) in [7, 11) is 0. The molecule has 0 aliphatic rings. The van der Waals surface area contributed by atoms with Gasteiger partial charge in [0.1, 0.15) is 0 Å². The Bertz CT molecular complexity index is 190. The molecule has 0 saturated carbocycles. The Labute approximate surface area is 91.5 Å². The fourth-order valence-electron chi connectivity index (χ4n) is 0.954. The maximum Gasteiger partial charge on any atom is 0.279 e. The van der Waals surface area contributed by atoms with Crippen molar-refractivity contribution in [3.63, 3.8) is 0 Å². The van der Waals surface area contributed by atoms with E-state index in [2.05, 4.69) is 31.3 Å². The normalized spacial score (nSPS) is 13.5. The lowest BCUT2D eigenvalue weighted by atomic mass is 10.3. The largest absolute Gasteiger partial charge is 0.345 e. The second-order valence-corrected chi connectivity index (χ2v) is 4.70. The van der Waals surface area contributed by atoms with Crippen LogP contribution < -0.4 is 5.32 Å².